The quantitative estimate of drug-likeness (QED) is 0.893. The van der Waals surface area contributed by atoms with Gasteiger partial charge in [-0.1, -0.05) is 6.07 Å². The van der Waals surface area contributed by atoms with Crippen molar-refractivity contribution in [3.8, 4) is 0 Å². The molecule has 0 aliphatic carbocycles. The van der Waals surface area contributed by atoms with Crippen LogP contribution in [0.1, 0.15) is 16.3 Å². The van der Waals surface area contributed by atoms with Gasteiger partial charge in [0.2, 0.25) is 0 Å². The lowest BCUT2D eigenvalue weighted by atomic mass is 10.3. The molecule has 2 amide bonds. The predicted molar refractivity (Wildman–Crippen MR) is 71.7 cm³/mol. The SMILES string of the molecule is Cc1csc(CNC(=O)Nc2ncccc2C)n1. The second kappa shape index (κ2) is 5.59. The van der Waals surface area contributed by atoms with E-state index in [-0.39, 0.29) is 6.03 Å². The number of rotatable bonds is 3. The van der Waals surface area contributed by atoms with Crippen molar-refractivity contribution in [2.24, 2.45) is 0 Å². The monoisotopic (exact) mass is 262 g/mol. The van der Waals surface area contributed by atoms with E-state index in [1.54, 1.807) is 6.20 Å². The Hall–Kier alpha value is -1.95. The maximum atomic E-state index is 11.7. The zero-order chi connectivity index (χ0) is 13.0. The van der Waals surface area contributed by atoms with Crippen molar-refractivity contribution in [1.82, 2.24) is 15.3 Å². The summed E-state index contributed by atoms with van der Waals surface area (Å²) in [4.78, 5) is 20.0. The van der Waals surface area contributed by atoms with Crippen molar-refractivity contribution in [2.45, 2.75) is 20.4 Å². The lowest BCUT2D eigenvalue weighted by Crippen LogP contribution is -2.28. The molecule has 18 heavy (non-hydrogen) atoms. The molecule has 2 aromatic heterocycles. The van der Waals surface area contributed by atoms with Crippen LogP contribution in [-0.4, -0.2) is 16.0 Å². The third-order valence-corrected chi connectivity index (χ3v) is 3.27. The number of nitrogens with zero attached hydrogens (tertiary/aromatic N) is 2. The average Bonchev–Trinajstić information content (AvgIpc) is 2.76. The van der Waals surface area contributed by atoms with Crippen molar-refractivity contribution < 1.29 is 4.79 Å². The van der Waals surface area contributed by atoms with Gasteiger partial charge in [-0.3, -0.25) is 5.32 Å². The molecule has 0 aliphatic rings. The molecule has 0 saturated carbocycles. The van der Waals surface area contributed by atoms with Gasteiger partial charge in [0.15, 0.2) is 0 Å². The molecule has 0 saturated heterocycles. The first-order valence-electron chi connectivity index (χ1n) is 5.52. The van der Waals surface area contributed by atoms with Crippen molar-refractivity contribution in [2.75, 3.05) is 5.32 Å². The minimum atomic E-state index is -0.273. The van der Waals surface area contributed by atoms with E-state index in [1.807, 2.05) is 31.4 Å². The molecular formula is C12H14N4OS. The molecule has 0 unspecified atom stereocenters. The lowest BCUT2D eigenvalue weighted by molar-refractivity contribution is 0.251. The minimum absolute atomic E-state index is 0.273. The summed E-state index contributed by atoms with van der Waals surface area (Å²) < 4.78 is 0. The first-order chi connectivity index (χ1) is 8.65. The van der Waals surface area contributed by atoms with E-state index in [1.165, 1.54) is 11.3 Å². The summed E-state index contributed by atoms with van der Waals surface area (Å²) in [5, 5.41) is 8.29. The third-order valence-electron chi connectivity index (χ3n) is 2.31. The first-order valence-corrected chi connectivity index (χ1v) is 6.40. The summed E-state index contributed by atoms with van der Waals surface area (Å²) >= 11 is 1.53. The Morgan fingerprint density at radius 2 is 2.28 bits per heavy atom. The summed E-state index contributed by atoms with van der Waals surface area (Å²) in [7, 11) is 0. The molecule has 0 spiro atoms. The van der Waals surface area contributed by atoms with Gasteiger partial charge >= 0.3 is 6.03 Å². The van der Waals surface area contributed by atoms with Crippen LogP contribution in [0.2, 0.25) is 0 Å². The number of carbonyl (C=O) groups is 1. The molecule has 0 radical (unpaired) electrons. The second-order valence-electron chi connectivity index (χ2n) is 3.86. The van der Waals surface area contributed by atoms with Crippen molar-refractivity contribution in [1.29, 1.82) is 0 Å². The molecule has 0 aliphatic heterocycles. The fourth-order valence-corrected chi connectivity index (χ4v) is 2.12. The number of amides is 2. The van der Waals surface area contributed by atoms with Gasteiger partial charge < -0.3 is 5.32 Å². The van der Waals surface area contributed by atoms with Crippen molar-refractivity contribution in [3.63, 3.8) is 0 Å². The zero-order valence-electron chi connectivity index (χ0n) is 10.2. The van der Waals surface area contributed by atoms with Crippen LogP contribution in [0.5, 0.6) is 0 Å². The van der Waals surface area contributed by atoms with Gasteiger partial charge in [0.1, 0.15) is 10.8 Å². The Bertz CT molecular complexity index is 553. The Labute approximate surface area is 109 Å². The fourth-order valence-electron chi connectivity index (χ4n) is 1.41. The van der Waals surface area contributed by atoms with Crippen LogP contribution in [0, 0.1) is 13.8 Å². The van der Waals surface area contributed by atoms with Gasteiger partial charge in [-0.05, 0) is 25.5 Å². The van der Waals surface area contributed by atoms with Gasteiger partial charge in [-0.25, -0.2) is 14.8 Å². The molecule has 0 atom stereocenters. The fraction of sp³-hybridized carbons (Fsp3) is 0.250. The third kappa shape index (κ3) is 3.27. The molecule has 6 heteroatoms. The lowest BCUT2D eigenvalue weighted by Gasteiger charge is -2.07. The molecule has 2 heterocycles. The highest BCUT2D eigenvalue weighted by molar-refractivity contribution is 7.09. The van der Waals surface area contributed by atoms with Gasteiger partial charge in [0.25, 0.3) is 0 Å². The van der Waals surface area contributed by atoms with E-state index in [2.05, 4.69) is 20.6 Å². The molecule has 0 aromatic carbocycles. The van der Waals surface area contributed by atoms with E-state index in [9.17, 15) is 4.79 Å². The van der Waals surface area contributed by atoms with Crippen LogP contribution in [0.15, 0.2) is 23.7 Å². The number of pyridine rings is 1. The van der Waals surface area contributed by atoms with Gasteiger partial charge in [-0.2, -0.15) is 0 Å². The van der Waals surface area contributed by atoms with E-state index >= 15 is 0 Å². The predicted octanol–water partition coefficient (Wildman–Crippen LogP) is 2.48. The van der Waals surface area contributed by atoms with Crippen LogP contribution >= 0.6 is 11.3 Å². The summed E-state index contributed by atoms with van der Waals surface area (Å²) in [6.45, 7) is 4.25. The Kier molecular flexibility index (Phi) is 3.88. The number of nitrogens with one attached hydrogen (secondary N) is 2. The maximum absolute atomic E-state index is 11.7. The van der Waals surface area contributed by atoms with Crippen LogP contribution in [0.25, 0.3) is 0 Å². The number of hydrogen-bond donors (Lipinski definition) is 2. The Morgan fingerprint density at radius 3 is 2.94 bits per heavy atom. The van der Waals surface area contributed by atoms with Gasteiger partial charge in [-0.15, -0.1) is 11.3 Å². The van der Waals surface area contributed by atoms with Crippen molar-refractivity contribution in [3.05, 3.63) is 40.0 Å². The molecule has 0 bridgehead atoms. The number of carbonyl (C=O) groups excluding carboxylic acids is 1. The smallest absolute Gasteiger partial charge is 0.320 e. The van der Waals surface area contributed by atoms with Crippen molar-refractivity contribution >= 4 is 23.2 Å². The topological polar surface area (TPSA) is 66.9 Å². The number of aryl methyl sites for hydroxylation is 2. The first kappa shape index (κ1) is 12.5. The molecule has 5 nitrogen and oxygen atoms in total. The Morgan fingerprint density at radius 1 is 1.44 bits per heavy atom. The molecule has 2 N–H and O–H groups in total. The molecule has 2 rings (SSSR count). The van der Waals surface area contributed by atoms with E-state index < -0.39 is 0 Å². The van der Waals surface area contributed by atoms with Gasteiger partial charge in [0.05, 0.1) is 6.54 Å². The number of hydrogen-bond acceptors (Lipinski definition) is 4. The number of thiazole rings is 1. The standard InChI is InChI=1S/C12H14N4OS/c1-8-4-3-5-13-11(8)16-12(17)14-6-10-15-9(2)7-18-10/h3-5,7H,6H2,1-2H3,(H2,13,14,16,17). The largest absolute Gasteiger partial charge is 0.331 e. The number of aromatic nitrogens is 2. The molecule has 2 aromatic rings. The molecule has 0 fully saturated rings. The highest BCUT2D eigenvalue weighted by Gasteiger charge is 2.05. The van der Waals surface area contributed by atoms with E-state index in [0.29, 0.717) is 12.4 Å². The normalized spacial score (nSPS) is 10.1. The highest BCUT2D eigenvalue weighted by Crippen LogP contribution is 2.10. The number of anilines is 1. The molecular weight excluding hydrogens is 248 g/mol. The molecule has 94 valence electrons. The summed E-state index contributed by atoms with van der Waals surface area (Å²) in [6, 6.07) is 3.45. The zero-order valence-corrected chi connectivity index (χ0v) is 11.0. The van der Waals surface area contributed by atoms with Crippen LogP contribution in [0.3, 0.4) is 0 Å². The van der Waals surface area contributed by atoms with E-state index in [0.717, 1.165) is 16.3 Å². The van der Waals surface area contributed by atoms with Crippen LogP contribution < -0.4 is 10.6 Å². The highest BCUT2D eigenvalue weighted by atomic mass is 32.1. The van der Waals surface area contributed by atoms with Crippen LogP contribution in [0.4, 0.5) is 10.6 Å². The number of urea groups is 1. The minimum Gasteiger partial charge on any atom is -0.331 e. The summed E-state index contributed by atoms with van der Waals surface area (Å²) in [5.74, 6) is 0.574. The summed E-state index contributed by atoms with van der Waals surface area (Å²) in [5.41, 5.74) is 1.90. The van der Waals surface area contributed by atoms with Crippen LogP contribution in [-0.2, 0) is 6.54 Å². The second-order valence-corrected chi connectivity index (χ2v) is 4.80. The summed E-state index contributed by atoms with van der Waals surface area (Å²) in [6.07, 6.45) is 1.65. The van der Waals surface area contributed by atoms with Gasteiger partial charge in [0, 0.05) is 17.3 Å². The maximum Gasteiger partial charge on any atom is 0.320 e. The van der Waals surface area contributed by atoms with E-state index in [4.69, 9.17) is 0 Å². The average molecular weight is 262 g/mol. The Balaban J connectivity index is 1.88.